The van der Waals surface area contributed by atoms with Crippen molar-refractivity contribution in [3.8, 4) is 0 Å². The second kappa shape index (κ2) is 5.99. The van der Waals surface area contributed by atoms with E-state index in [0.29, 0.717) is 17.7 Å². The molecule has 1 amide bonds. The zero-order valence-electron chi connectivity index (χ0n) is 14.4. The molecule has 1 aromatic rings. The Labute approximate surface area is 143 Å². The number of likely N-dealkylation sites (tertiary alicyclic amines) is 1. The molecule has 1 atom stereocenters. The van der Waals surface area contributed by atoms with E-state index in [0.717, 1.165) is 57.3 Å². The van der Waals surface area contributed by atoms with Crippen LogP contribution in [0.2, 0.25) is 0 Å². The average molecular weight is 326 g/mol. The van der Waals surface area contributed by atoms with Crippen molar-refractivity contribution in [2.45, 2.75) is 56.9 Å². The molecular weight excluding hydrogens is 300 g/mol. The normalized spacial score (nSPS) is 32.8. The summed E-state index contributed by atoms with van der Waals surface area (Å²) in [7, 11) is 0. The molecule has 0 aromatic heterocycles. The van der Waals surface area contributed by atoms with Crippen molar-refractivity contribution < 1.29 is 9.59 Å². The first-order valence-electron chi connectivity index (χ1n) is 9.23. The van der Waals surface area contributed by atoms with Crippen LogP contribution in [0.5, 0.6) is 0 Å². The van der Waals surface area contributed by atoms with Crippen LogP contribution in [0.15, 0.2) is 24.3 Å². The second-order valence-electron chi connectivity index (χ2n) is 7.87. The number of Topliss-reactive ketones (excluding diaryl/α,β-unsaturated/α-hetero) is 1. The predicted octanol–water partition coefficient (Wildman–Crippen LogP) is 3.12. The highest BCUT2D eigenvalue weighted by molar-refractivity contribution is 6.06. The van der Waals surface area contributed by atoms with Gasteiger partial charge in [-0.25, -0.2) is 0 Å². The van der Waals surface area contributed by atoms with Gasteiger partial charge in [0.15, 0.2) is 0 Å². The van der Waals surface area contributed by atoms with Gasteiger partial charge in [0.05, 0.1) is 5.41 Å². The molecule has 3 aliphatic rings. The van der Waals surface area contributed by atoms with Crippen molar-refractivity contribution >= 4 is 17.4 Å². The summed E-state index contributed by atoms with van der Waals surface area (Å²) < 4.78 is 0. The lowest BCUT2D eigenvalue weighted by Gasteiger charge is -2.39. The highest BCUT2D eigenvalue weighted by Crippen LogP contribution is 2.48. The molecule has 2 aliphatic heterocycles. The Morgan fingerprint density at radius 3 is 2.75 bits per heavy atom. The minimum absolute atomic E-state index is 0.193. The van der Waals surface area contributed by atoms with E-state index in [1.54, 1.807) is 6.92 Å². The van der Waals surface area contributed by atoms with Crippen LogP contribution in [0.1, 0.15) is 51.0 Å². The molecule has 4 nitrogen and oxygen atoms in total. The number of nitrogens with one attached hydrogen (secondary N) is 1. The fraction of sp³-hybridized carbons (Fsp3) is 0.600. The maximum atomic E-state index is 12.6. The molecule has 24 heavy (non-hydrogen) atoms. The van der Waals surface area contributed by atoms with Gasteiger partial charge in [-0.2, -0.15) is 0 Å². The van der Waals surface area contributed by atoms with Gasteiger partial charge >= 0.3 is 0 Å². The number of carbonyl (C=O) groups is 2. The summed E-state index contributed by atoms with van der Waals surface area (Å²) in [6.07, 6.45) is 5.90. The van der Waals surface area contributed by atoms with Gasteiger partial charge in [0.25, 0.3) is 0 Å². The Kier molecular flexibility index (Phi) is 3.95. The van der Waals surface area contributed by atoms with Gasteiger partial charge in [0.1, 0.15) is 5.78 Å². The zero-order chi connectivity index (χ0) is 16.7. The van der Waals surface area contributed by atoms with E-state index in [9.17, 15) is 9.59 Å². The predicted molar refractivity (Wildman–Crippen MR) is 94.0 cm³/mol. The van der Waals surface area contributed by atoms with Crippen LogP contribution in [-0.2, 0) is 15.0 Å². The van der Waals surface area contributed by atoms with Crippen molar-refractivity contribution in [1.82, 2.24) is 4.90 Å². The SMILES string of the molecule is CC(=O)C[C@H]1CCN(C2CCC3(CC2)C(=O)Nc2ccccc23)C1. The van der Waals surface area contributed by atoms with Gasteiger partial charge in [0, 0.05) is 24.7 Å². The molecule has 0 radical (unpaired) electrons. The summed E-state index contributed by atoms with van der Waals surface area (Å²) in [6.45, 7) is 3.86. The summed E-state index contributed by atoms with van der Waals surface area (Å²) in [5.41, 5.74) is 1.90. The first kappa shape index (κ1) is 15.8. The number of fused-ring (bicyclic) bond motifs is 2. The van der Waals surface area contributed by atoms with Gasteiger partial charge < -0.3 is 15.0 Å². The lowest BCUT2D eigenvalue weighted by atomic mass is 9.68. The number of ketones is 1. The molecule has 0 unspecified atom stereocenters. The Hall–Kier alpha value is -1.68. The van der Waals surface area contributed by atoms with Crippen LogP contribution in [0, 0.1) is 5.92 Å². The van der Waals surface area contributed by atoms with E-state index in [4.69, 9.17) is 0 Å². The van der Waals surface area contributed by atoms with E-state index in [1.807, 2.05) is 18.2 Å². The van der Waals surface area contributed by atoms with Crippen LogP contribution < -0.4 is 5.32 Å². The molecule has 1 spiro atoms. The third-order valence-corrected chi connectivity index (χ3v) is 6.34. The van der Waals surface area contributed by atoms with Gasteiger partial charge in [-0.05, 0) is 63.1 Å². The fourth-order valence-electron chi connectivity index (χ4n) is 5.10. The number of benzene rings is 1. The van der Waals surface area contributed by atoms with Crippen molar-refractivity contribution in [2.75, 3.05) is 18.4 Å². The molecule has 1 aliphatic carbocycles. The first-order chi connectivity index (χ1) is 11.6. The summed E-state index contributed by atoms with van der Waals surface area (Å²) in [5, 5.41) is 3.08. The third-order valence-electron chi connectivity index (χ3n) is 6.34. The summed E-state index contributed by atoms with van der Waals surface area (Å²) >= 11 is 0. The molecule has 1 saturated heterocycles. The minimum Gasteiger partial charge on any atom is -0.325 e. The molecule has 2 fully saturated rings. The monoisotopic (exact) mass is 326 g/mol. The topological polar surface area (TPSA) is 49.4 Å². The number of nitrogens with zero attached hydrogens (tertiary/aromatic N) is 1. The Morgan fingerprint density at radius 1 is 1.25 bits per heavy atom. The van der Waals surface area contributed by atoms with Crippen LogP contribution in [0.3, 0.4) is 0 Å². The number of hydrogen-bond donors (Lipinski definition) is 1. The van der Waals surface area contributed by atoms with Crippen molar-refractivity contribution in [3.05, 3.63) is 29.8 Å². The summed E-state index contributed by atoms with van der Waals surface area (Å²) in [6, 6.07) is 8.74. The van der Waals surface area contributed by atoms with E-state index in [-0.39, 0.29) is 11.3 Å². The summed E-state index contributed by atoms with van der Waals surface area (Å²) in [4.78, 5) is 26.6. The fourth-order valence-corrected chi connectivity index (χ4v) is 5.10. The lowest BCUT2D eigenvalue weighted by molar-refractivity contribution is -0.122. The third kappa shape index (κ3) is 2.57. The van der Waals surface area contributed by atoms with E-state index in [1.165, 1.54) is 5.56 Å². The standard InChI is InChI=1S/C20H26N2O2/c1-14(23)12-15-8-11-22(13-15)16-6-9-20(10-7-16)17-4-2-3-5-18(17)21-19(20)24/h2-5,15-16H,6-13H2,1H3,(H,21,24)/t15-,16?,20?/m1/s1. The number of hydrogen-bond acceptors (Lipinski definition) is 3. The van der Waals surface area contributed by atoms with Crippen LogP contribution in [0.4, 0.5) is 5.69 Å². The number of amides is 1. The van der Waals surface area contributed by atoms with Gasteiger partial charge in [-0.1, -0.05) is 18.2 Å². The molecule has 0 bridgehead atoms. The van der Waals surface area contributed by atoms with Crippen molar-refractivity contribution in [2.24, 2.45) is 5.92 Å². The molecule has 4 rings (SSSR count). The number of para-hydroxylation sites is 1. The molecular formula is C20H26N2O2. The quantitative estimate of drug-likeness (QED) is 0.928. The molecule has 128 valence electrons. The molecule has 1 saturated carbocycles. The van der Waals surface area contributed by atoms with E-state index >= 15 is 0 Å². The van der Waals surface area contributed by atoms with Crippen molar-refractivity contribution in [1.29, 1.82) is 0 Å². The first-order valence-corrected chi connectivity index (χ1v) is 9.23. The molecule has 1 N–H and O–H groups in total. The van der Waals surface area contributed by atoms with Crippen LogP contribution in [-0.4, -0.2) is 35.7 Å². The van der Waals surface area contributed by atoms with Crippen LogP contribution in [0.25, 0.3) is 0 Å². The lowest BCUT2D eigenvalue weighted by Crippen LogP contribution is -2.44. The Bertz CT molecular complexity index is 661. The number of rotatable bonds is 3. The van der Waals surface area contributed by atoms with E-state index in [2.05, 4.69) is 16.3 Å². The highest BCUT2D eigenvalue weighted by Gasteiger charge is 2.49. The molecule has 4 heteroatoms. The van der Waals surface area contributed by atoms with Gasteiger partial charge in [-0.3, -0.25) is 4.79 Å². The second-order valence-corrected chi connectivity index (χ2v) is 7.87. The molecule has 2 heterocycles. The Balaban J connectivity index is 1.43. The number of anilines is 1. The smallest absolute Gasteiger partial charge is 0.235 e. The maximum absolute atomic E-state index is 12.6. The van der Waals surface area contributed by atoms with Crippen molar-refractivity contribution in [3.63, 3.8) is 0 Å². The minimum atomic E-state index is -0.300. The molecule has 1 aromatic carbocycles. The van der Waals surface area contributed by atoms with Gasteiger partial charge in [-0.15, -0.1) is 0 Å². The maximum Gasteiger partial charge on any atom is 0.235 e. The largest absolute Gasteiger partial charge is 0.325 e. The highest BCUT2D eigenvalue weighted by atomic mass is 16.2. The van der Waals surface area contributed by atoms with E-state index < -0.39 is 0 Å². The summed E-state index contributed by atoms with van der Waals surface area (Å²) in [5.74, 6) is 1.04. The Morgan fingerprint density at radius 2 is 2.00 bits per heavy atom. The van der Waals surface area contributed by atoms with Gasteiger partial charge in [0.2, 0.25) is 5.91 Å². The zero-order valence-corrected chi connectivity index (χ0v) is 14.4. The van der Waals surface area contributed by atoms with Crippen LogP contribution >= 0.6 is 0 Å². The average Bonchev–Trinajstić information content (AvgIpc) is 3.12. The number of carbonyl (C=O) groups excluding carboxylic acids is 2.